The summed E-state index contributed by atoms with van der Waals surface area (Å²) in [4.78, 5) is 2.46. The average molecular weight is 311 g/mol. The summed E-state index contributed by atoms with van der Waals surface area (Å²) < 4.78 is 6.60. The molecule has 1 aromatic rings. The highest BCUT2D eigenvalue weighted by Gasteiger charge is 2.27. The molecule has 4 heteroatoms. The minimum Gasteiger partial charge on any atom is -0.380 e. The molecule has 0 bridgehead atoms. The van der Waals surface area contributed by atoms with Crippen molar-refractivity contribution in [2.45, 2.75) is 24.9 Å². The van der Waals surface area contributed by atoms with Gasteiger partial charge in [-0.3, -0.25) is 0 Å². The predicted molar refractivity (Wildman–Crippen MR) is 77.1 cm³/mol. The second-order valence-electron chi connectivity index (χ2n) is 5.11. The van der Waals surface area contributed by atoms with Gasteiger partial charge in [0.1, 0.15) is 0 Å². The molecule has 2 aliphatic heterocycles. The van der Waals surface area contributed by atoms with Gasteiger partial charge in [-0.25, -0.2) is 0 Å². The maximum Gasteiger partial charge on any atom is 0.0620 e. The van der Waals surface area contributed by atoms with E-state index in [2.05, 4.69) is 50.4 Å². The third-order valence-corrected chi connectivity index (χ3v) is 4.45. The molecule has 0 saturated carbocycles. The number of para-hydroxylation sites is 1. The fraction of sp³-hybridized carbons (Fsp3) is 0.571. The fourth-order valence-corrected chi connectivity index (χ4v) is 3.36. The highest BCUT2D eigenvalue weighted by atomic mass is 79.9. The third-order valence-electron chi connectivity index (χ3n) is 3.78. The zero-order chi connectivity index (χ0) is 12.4. The van der Waals surface area contributed by atoms with E-state index in [-0.39, 0.29) is 0 Å². The highest BCUT2D eigenvalue weighted by Crippen LogP contribution is 2.28. The van der Waals surface area contributed by atoms with Crippen molar-refractivity contribution in [2.24, 2.45) is 0 Å². The van der Waals surface area contributed by atoms with Crippen molar-refractivity contribution in [1.29, 1.82) is 0 Å². The number of benzene rings is 1. The summed E-state index contributed by atoms with van der Waals surface area (Å²) in [7, 11) is 0. The molecule has 2 atom stereocenters. The van der Waals surface area contributed by atoms with Crippen LogP contribution >= 0.6 is 15.9 Å². The largest absolute Gasteiger partial charge is 0.380 e. The van der Waals surface area contributed by atoms with Crippen LogP contribution in [0.2, 0.25) is 0 Å². The first-order chi connectivity index (χ1) is 8.83. The first-order valence-corrected chi connectivity index (χ1v) is 7.45. The molecule has 1 N–H and O–H groups in total. The normalized spacial score (nSPS) is 27.9. The van der Waals surface area contributed by atoms with E-state index in [1.807, 2.05) is 0 Å². The lowest BCUT2D eigenvalue weighted by molar-refractivity contribution is 0.188. The zero-order valence-electron chi connectivity index (χ0n) is 10.4. The van der Waals surface area contributed by atoms with Crippen LogP contribution in [0.5, 0.6) is 0 Å². The van der Waals surface area contributed by atoms with E-state index in [0.29, 0.717) is 12.1 Å². The van der Waals surface area contributed by atoms with Crippen LogP contribution in [0.1, 0.15) is 12.8 Å². The Bertz CT molecular complexity index is 407. The average Bonchev–Trinajstić information content (AvgIpc) is 3.02. The SMILES string of the molecule is Brc1ccccc1N1CCC(NC2CCOC2)C1. The van der Waals surface area contributed by atoms with Crippen LogP contribution in [-0.4, -0.2) is 38.4 Å². The summed E-state index contributed by atoms with van der Waals surface area (Å²) in [6, 6.07) is 9.63. The molecule has 18 heavy (non-hydrogen) atoms. The molecule has 3 nitrogen and oxygen atoms in total. The molecule has 0 amide bonds. The molecule has 2 fully saturated rings. The molecule has 0 aliphatic carbocycles. The Hall–Kier alpha value is -0.580. The number of nitrogens with zero attached hydrogens (tertiary/aromatic N) is 1. The van der Waals surface area contributed by atoms with Crippen molar-refractivity contribution in [1.82, 2.24) is 5.32 Å². The van der Waals surface area contributed by atoms with E-state index in [0.717, 1.165) is 32.7 Å². The van der Waals surface area contributed by atoms with Gasteiger partial charge in [-0.05, 0) is 40.9 Å². The molecule has 0 aromatic heterocycles. The van der Waals surface area contributed by atoms with E-state index in [1.54, 1.807) is 0 Å². The van der Waals surface area contributed by atoms with E-state index >= 15 is 0 Å². The van der Waals surface area contributed by atoms with Gasteiger partial charge in [0.25, 0.3) is 0 Å². The van der Waals surface area contributed by atoms with Gasteiger partial charge in [-0.15, -0.1) is 0 Å². The summed E-state index contributed by atoms with van der Waals surface area (Å²) >= 11 is 3.63. The van der Waals surface area contributed by atoms with Crippen molar-refractivity contribution in [3.63, 3.8) is 0 Å². The molecule has 2 aliphatic rings. The van der Waals surface area contributed by atoms with Crippen molar-refractivity contribution < 1.29 is 4.74 Å². The highest BCUT2D eigenvalue weighted by molar-refractivity contribution is 9.10. The van der Waals surface area contributed by atoms with E-state index in [1.165, 1.54) is 16.6 Å². The van der Waals surface area contributed by atoms with Crippen LogP contribution in [0.3, 0.4) is 0 Å². The van der Waals surface area contributed by atoms with Crippen LogP contribution in [0.15, 0.2) is 28.7 Å². The minimum atomic E-state index is 0.564. The molecule has 1 aromatic carbocycles. The molecule has 0 radical (unpaired) electrons. The monoisotopic (exact) mass is 310 g/mol. The number of rotatable bonds is 3. The van der Waals surface area contributed by atoms with Gasteiger partial charge < -0.3 is 15.0 Å². The van der Waals surface area contributed by atoms with Crippen LogP contribution in [-0.2, 0) is 4.74 Å². The van der Waals surface area contributed by atoms with E-state index < -0.39 is 0 Å². The lowest BCUT2D eigenvalue weighted by atomic mass is 10.2. The Kier molecular flexibility index (Phi) is 3.87. The van der Waals surface area contributed by atoms with Gasteiger partial charge in [0.2, 0.25) is 0 Å². The van der Waals surface area contributed by atoms with Gasteiger partial charge in [-0.1, -0.05) is 12.1 Å². The number of hydrogen-bond acceptors (Lipinski definition) is 3. The molecule has 2 unspecified atom stereocenters. The van der Waals surface area contributed by atoms with Gasteiger partial charge in [0, 0.05) is 36.3 Å². The Morgan fingerprint density at radius 3 is 2.89 bits per heavy atom. The van der Waals surface area contributed by atoms with Crippen LogP contribution in [0, 0.1) is 0 Å². The first kappa shape index (κ1) is 12.5. The van der Waals surface area contributed by atoms with Gasteiger partial charge in [0.05, 0.1) is 12.3 Å². The molecule has 3 rings (SSSR count). The molecular weight excluding hydrogens is 292 g/mol. The standard InChI is InChI=1S/C14H19BrN2O/c15-13-3-1-2-4-14(13)17-7-5-11(9-17)16-12-6-8-18-10-12/h1-4,11-12,16H,5-10H2. The lowest BCUT2D eigenvalue weighted by Crippen LogP contribution is -2.40. The quantitative estimate of drug-likeness (QED) is 0.928. The van der Waals surface area contributed by atoms with Gasteiger partial charge in [0.15, 0.2) is 0 Å². The summed E-state index contributed by atoms with van der Waals surface area (Å²) in [5, 5.41) is 3.72. The first-order valence-electron chi connectivity index (χ1n) is 6.66. The number of ether oxygens (including phenoxy) is 1. The third kappa shape index (κ3) is 2.71. The second kappa shape index (κ2) is 5.59. The Balaban J connectivity index is 1.59. The second-order valence-corrected chi connectivity index (χ2v) is 5.96. The van der Waals surface area contributed by atoms with E-state index in [4.69, 9.17) is 4.74 Å². The number of hydrogen-bond donors (Lipinski definition) is 1. The van der Waals surface area contributed by atoms with Crippen LogP contribution in [0.4, 0.5) is 5.69 Å². The minimum absolute atomic E-state index is 0.564. The Morgan fingerprint density at radius 1 is 1.22 bits per heavy atom. The summed E-state index contributed by atoms with van der Waals surface area (Å²) in [5.41, 5.74) is 1.31. The van der Waals surface area contributed by atoms with Crippen LogP contribution < -0.4 is 10.2 Å². The predicted octanol–water partition coefficient (Wildman–Crippen LogP) is 2.41. The molecule has 98 valence electrons. The van der Waals surface area contributed by atoms with Crippen molar-refractivity contribution in [3.8, 4) is 0 Å². The molecule has 0 spiro atoms. The van der Waals surface area contributed by atoms with Gasteiger partial charge in [-0.2, -0.15) is 0 Å². The smallest absolute Gasteiger partial charge is 0.0620 e. The molecule has 2 saturated heterocycles. The molecule has 2 heterocycles. The van der Waals surface area contributed by atoms with Crippen LogP contribution in [0.25, 0.3) is 0 Å². The van der Waals surface area contributed by atoms with Gasteiger partial charge >= 0.3 is 0 Å². The van der Waals surface area contributed by atoms with Crippen molar-refractivity contribution in [3.05, 3.63) is 28.7 Å². The number of nitrogens with one attached hydrogen (secondary N) is 1. The maximum absolute atomic E-state index is 5.41. The topological polar surface area (TPSA) is 24.5 Å². The Morgan fingerprint density at radius 2 is 2.11 bits per heavy atom. The summed E-state index contributed by atoms with van der Waals surface area (Å²) in [5.74, 6) is 0. The van der Waals surface area contributed by atoms with Crippen molar-refractivity contribution >= 4 is 21.6 Å². The Labute approximate surface area is 117 Å². The maximum atomic E-state index is 5.41. The lowest BCUT2D eigenvalue weighted by Gasteiger charge is -2.21. The van der Waals surface area contributed by atoms with Crippen molar-refractivity contribution in [2.75, 3.05) is 31.2 Å². The molecular formula is C14H19BrN2O. The summed E-state index contributed by atoms with van der Waals surface area (Å²) in [6.45, 7) is 4.02. The van der Waals surface area contributed by atoms with E-state index in [9.17, 15) is 0 Å². The zero-order valence-corrected chi connectivity index (χ0v) is 12.0. The summed E-state index contributed by atoms with van der Waals surface area (Å²) in [6.07, 6.45) is 2.38. The fourth-order valence-electron chi connectivity index (χ4n) is 2.82. The number of anilines is 1. The number of halogens is 1.